The van der Waals surface area contributed by atoms with Crippen molar-refractivity contribution in [2.24, 2.45) is 0 Å². The number of anilines is 1. The summed E-state index contributed by atoms with van der Waals surface area (Å²) in [5.74, 6) is 0. The Morgan fingerprint density at radius 2 is 1.90 bits per heavy atom. The molecule has 1 heterocycles. The van der Waals surface area contributed by atoms with Gasteiger partial charge in [0.25, 0.3) is 0 Å². The van der Waals surface area contributed by atoms with E-state index in [1.807, 2.05) is 0 Å². The highest BCUT2D eigenvalue weighted by Gasteiger charge is 2.18. The number of hydrogen-bond acceptors (Lipinski definition) is 3. The molecule has 3 nitrogen and oxygen atoms in total. The maximum absolute atomic E-state index is 5.58. The fourth-order valence-corrected chi connectivity index (χ4v) is 2.86. The lowest BCUT2D eigenvalue weighted by molar-refractivity contribution is 0.0130. The Hall–Kier alpha value is -1.06. The third-order valence-electron chi connectivity index (χ3n) is 4.14. The van der Waals surface area contributed by atoms with Crippen molar-refractivity contribution in [1.82, 2.24) is 5.32 Å². The molecule has 0 aliphatic carbocycles. The highest BCUT2D eigenvalue weighted by Crippen LogP contribution is 2.16. The third kappa shape index (κ3) is 4.22. The molecule has 0 radical (unpaired) electrons. The van der Waals surface area contributed by atoms with Gasteiger partial charge in [-0.1, -0.05) is 12.1 Å². The van der Waals surface area contributed by atoms with Gasteiger partial charge in [-0.15, -0.1) is 0 Å². The molecule has 0 saturated carbocycles. The number of nitrogens with one attached hydrogen (secondary N) is 1. The first-order valence-corrected chi connectivity index (χ1v) is 7.91. The summed E-state index contributed by atoms with van der Waals surface area (Å²) in [6.45, 7) is 10.5. The predicted octanol–water partition coefficient (Wildman–Crippen LogP) is 3.19. The van der Waals surface area contributed by atoms with Crippen LogP contribution in [0.1, 0.15) is 39.2 Å². The van der Waals surface area contributed by atoms with Gasteiger partial charge in [0, 0.05) is 38.0 Å². The summed E-state index contributed by atoms with van der Waals surface area (Å²) < 4.78 is 5.58. The molecule has 1 aromatic rings. The van der Waals surface area contributed by atoms with E-state index in [0.29, 0.717) is 12.1 Å². The SMILES string of the molecule is CCN(CC)c1ccc(CNC2CCOC(C)C2)cc1. The smallest absolute Gasteiger partial charge is 0.0561 e. The predicted molar refractivity (Wildman–Crippen MR) is 85.3 cm³/mol. The summed E-state index contributed by atoms with van der Waals surface area (Å²) in [5, 5.41) is 3.65. The van der Waals surface area contributed by atoms with Gasteiger partial charge in [0.1, 0.15) is 0 Å². The van der Waals surface area contributed by atoms with Crippen molar-refractivity contribution < 1.29 is 4.74 Å². The summed E-state index contributed by atoms with van der Waals surface area (Å²) in [5.41, 5.74) is 2.68. The van der Waals surface area contributed by atoms with Gasteiger partial charge in [-0.2, -0.15) is 0 Å². The Morgan fingerprint density at radius 3 is 2.50 bits per heavy atom. The fourth-order valence-electron chi connectivity index (χ4n) is 2.86. The molecule has 0 amide bonds. The van der Waals surface area contributed by atoms with Gasteiger partial charge in [-0.3, -0.25) is 0 Å². The zero-order chi connectivity index (χ0) is 14.4. The van der Waals surface area contributed by atoms with Crippen LogP contribution in [-0.4, -0.2) is 31.8 Å². The molecule has 3 heteroatoms. The van der Waals surface area contributed by atoms with E-state index in [-0.39, 0.29) is 0 Å². The molecule has 1 aromatic carbocycles. The zero-order valence-electron chi connectivity index (χ0n) is 13.1. The van der Waals surface area contributed by atoms with E-state index in [1.54, 1.807) is 0 Å². The summed E-state index contributed by atoms with van der Waals surface area (Å²) in [6, 6.07) is 9.54. The van der Waals surface area contributed by atoms with E-state index in [2.05, 4.69) is 55.3 Å². The minimum absolute atomic E-state index is 0.395. The van der Waals surface area contributed by atoms with E-state index >= 15 is 0 Å². The molecule has 1 aliphatic heterocycles. The van der Waals surface area contributed by atoms with Crippen molar-refractivity contribution >= 4 is 5.69 Å². The number of rotatable bonds is 6. The Bertz CT molecular complexity index is 386. The van der Waals surface area contributed by atoms with Crippen LogP contribution in [0.4, 0.5) is 5.69 Å². The van der Waals surface area contributed by atoms with E-state index < -0.39 is 0 Å². The second-order valence-electron chi connectivity index (χ2n) is 5.62. The molecule has 1 fully saturated rings. The summed E-state index contributed by atoms with van der Waals surface area (Å²) >= 11 is 0. The molecule has 1 aliphatic rings. The van der Waals surface area contributed by atoms with Crippen LogP contribution >= 0.6 is 0 Å². The topological polar surface area (TPSA) is 24.5 Å². The van der Waals surface area contributed by atoms with E-state index in [4.69, 9.17) is 4.74 Å². The largest absolute Gasteiger partial charge is 0.378 e. The van der Waals surface area contributed by atoms with Gasteiger partial charge >= 0.3 is 0 Å². The van der Waals surface area contributed by atoms with Gasteiger partial charge in [0.05, 0.1) is 6.10 Å². The lowest BCUT2D eigenvalue weighted by Crippen LogP contribution is -2.37. The van der Waals surface area contributed by atoms with Gasteiger partial charge in [0.2, 0.25) is 0 Å². The van der Waals surface area contributed by atoms with Crippen LogP contribution in [0.15, 0.2) is 24.3 Å². The lowest BCUT2D eigenvalue weighted by atomic mass is 10.0. The van der Waals surface area contributed by atoms with Crippen LogP contribution in [0, 0.1) is 0 Å². The highest BCUT2D eigenvalue weighted by atomic mass is 16.5. The summed E-state index contributed by atoms with van der Waals surface area (Å²) in [6.07, 6.45) is 2.64. The third-order valence-corrected chi connectivity index (χ3v) is 4.14. The van der Waals surface area contributed by atoms with Crippen LogP contribution in [0.5, 0.6) is 0 Å². The van der Waals surface area contributed by atoms with Gasteiger partial charge in [-0.05, 0) is 51.3 Å². The average Bonchev–Trinajstić information content (AvgIpc) is 2.48. The quantitative estimate of drug-likeness (QED) is 0.863. The highest BCUT2D eigenvalue weighted by molar-refractivity contribution is 5.47. The minimum atomic E-state index is 0.395. The van der Waals surface area contributed by atoms with Crippen molar-refractivity contribution in [3.05, 3.63) is 29.8 Å². The Morgan fingerprint density at radius 1 is 1.20 bits per heavy atom. The van der Waals surface area contributed by atoms with Gasteiger partial charge < -0.3 is 15.0 Å². The van der Waals surface area contributed by atoms with E-state index in [1.165, 1.54) is 11.3 Å². The number of ether oxygens (including phenoxy) is 1. The van der Waals surface area contributed by atoms with Crippen molar-refractivity contribution in [1.29, 1.82) is 0 Å². The Balaban J connectivity index is 1.84. The maximum atomic E-state index is 5.58. The van der Waals surface area contributed by atoms with Crippen molar-refractivity contribution in [3.8, 4) is 0 Å². The monoisotopic (exact) mass is 276 g/mol. The average molecular weight is 276 g/mol. The molecular formula is C17H28N2O. The van der Waals surface area contributed by atoms with Crippen LogP contribution in [0.2, 0.25) is 0 Å². The van der Waals surface area contributed by atoms with E-state index in [0.717, 1.165) is 39.1 Å². The van der Waals surface area contributed by atoms with Crippen LogP contribution < -0.4 is 10.2 Å². The van der Waals surface area contributed by atoms with E-state index in [9.17, 15) is 0 Å². The van der Waals surface area contributed by atoms with Crippen LogP contribution in [0.3, 0.4) is 0 Å². The van der Waals surface area contributed by atoms with Crippen molar-refractivity contribution in [2.45, 2.75) is 52.3 Å². The molecule has 112 valence electrons. The Labute approximate surface area is 123 Å². The summed E-state index contributed by atoms with van der Waals surface area (Å²) in [7, 11) is 0. The lowest BCUT2D eigenvalue weighted by Gasteiger charge is -2.28. The number of benzene rings is 1. The molecule has 1 saturated heterocycles. The first-order chi connectivity index (χ1) is 9.72. The van der Waals surface area contributed by atoms with Crippen molar-refractivity contribution in [3.63, 3.8) is 0 Å². The minimum Gasteiger partial charge on any atom is -0.378 e. The molecule has 1 N–H and O–H groups in total. The van der Waals surface area contributed by atoms with Crippen molar-refractivity contribution in [2.75, 3.05) is 24.6 Å². The Kier molecular flexibility index (Phi) is 5.86. The molecule has 2 rings (SSSR count). The zero-order valence-corrected chi connectivity index (χ0v) is 13.1. The number of nitrogens with zero attached hydrogens (tertiary/aromatic N) is 1. The molecule has 2 unspecified atom stereocenters. The van der Waals surface area contributed by atoms with Crippen LogP contribution in [-0.2, 0) is 11.3 Å². The summed E-state index contributed by atoms with van der Waals surface area (Å²) in [4.78, 5) is 2.37. The molecule has 0 spiro atoms. The van der Waals surface area contributed by atoms with Crippen LogP contribution in [0.25, 0.3) is 0 Å². The fraction of sp³-hybridized carbons (Fsp3) is 0.647. The van der Waals surface area contributed by atoms with Gasteiger partial charge in [-0.25, -0.2) is 0 Å². The molecule has 0 bridgehead atoms. The standard InChI is InChI=1S/C17H28N2O/c1-4-19(5-2)17-8-6-15(7-9-17)13-18-16-10-11-20-14(3)12-16/h6-9,14,16,18H,4-5,10-13H2,1-3H3. The first kappa shape index (κ1) is 15.3. The van der Waals surface area contributed by atoms with Gasteiger partial charge in [0.15, 0.2) is 0 Å². The normalized spacial score (nSPS) is 22.8. The molecule has 2 atom stereocenters. The second-order valence-corrected chi connectivity index (χ2v) is 5.62. The second kappa shape index (κ2) is 7.65. The molecule has 0 aromatic heterocycles. The first-order valence-electron chi connectivity index (χ1n) is 7.91. The molecule has 20 heavy (non-hydrogen) atoms. The molecular weight excluding hydrogens is 248 g/mol. The number of hydrogen-bond donors (Lipinski definition) is 1. The maximum Gasteiger partial charge on any atom is 0.0561 e.